The maximum absolute atomic E-state index is 13.4. The summed E-state index contributed by atoms with van der Waals surface area (Å²) in [5, 5.41) is 9.31. The second kappa shape index (κ2) is 16.7. The number of halogens is 3. The molecule has 59 heavy (non-hydrogen) atoms. The fourth-order valence-corrected chi connectivity index (χ4v) is 9.96. The van der Waals surface area contributed by atoms with Crippen LogP contribution in [-0.4, -0.2) is 88.6 Å². The van der Waals surface area contributed by atoms with Crippen molar-refractivity contribution in [2.45, 2.75) is 75.9 Å². The van der Waals surface area contributed by atoms with Crippen LogP contribution in [0.5, 0.6) is 5.75 Å². The number of methoxy groups -OCH3 is 1. The quantitative estimate of drug-likeness (QED) is 0.136. The van der Waals surface area contributed by atoms with Gasteiger partial charge in [-0.15, -0.1) is 11.3 Å². The van der Waals surface area contributed by atoms with Crippen molar-refractivity contribution < 1.29 is 41.9 Å². The van der Waals surface area contributed by atoms with Crippen LogP contribution in [0, 0.1) is 11.8 Å². The number of piperidine rings is 2. The average Bonchev–Trinajstić information content (AvgIpc) is 3.75. The number of carbonyl (C=O) groups is 5. The van der Waals surface area contributed by atoms with Crippen LogP contribution in [0.25, 0.3) is 10.2 Å². The monoisotopic (exact) mass is 831 g/mol. The van der Waals surface area contributed by atoms with E-state index in [4.69, 9.17) is 9.72 Å². The van der Waals surface area contributed by atoms with Crippen LogP contribution in [0.3, 0.4) is 0 Å². The van der Waals surface area contributed by atoms with E-state index >= 15 is 0 Å². The van der Waals surface area contributed by atoms with E-state index in [0.29, 0.717) is 41.4 Å². The normalized spacial score (nSPS) is 21.8. The molecule has 310 valence electrons. The minimum Gasteiger partial charge on any atom is -0.494 e. The molecule has 8 rings (SSSR count). The molecule has 5 amide bonds. The third-order valence-electron chi connectivity index (χ3n) is 12.0. The van der Waals surface area contributed by atoms with Crippen molar-refractivity contribution >= 4 is 62.5 Å². The predicted molar refractivity (Wildman–Crippen MR) is 213 cm³/mol. The maximum Gasteiger partial charge on any atom is 0.433 e. The Morgan fingerprint density at radius 2 is 1.68 bits per heavy atom. The summed E-state index contributed by atoms with van der Waals surface area (Å²) in [5.74, 6) is -1.02. The van der Waals surface area contributed by atoms with Gasteiger partial charge in [-0.2, -0.15) is 13.2 Å². The molecule has 4 aromatic rings. The number of hydrogen-bond donors (Lipinski definition) is 3. The number of benzene rings is 2. The largest absolute Gasteiger partial charge is 0.494 e. The molecular weight excluding hydrogens is 788 g/mol. The van der Waals surface area contributed by atoms with E-state index in [1.54, 1.807) is 41.7 Å². The van der Waals surface area contributed by atoms with E-state index in [2.05, 4.69) is 25.8 Å². The Morgan fingerprint density at radius 1 is 0.915 bits per heavy atom. The lowest BCUT2D eigenvalue weighted by Gasteiger charge is -2.36. The minimum atomic E-state index is -4.67. The van der Waals surface area contributed by atoms with Crippen LogP contribution in [0.1, 0.15) is 106 Å². The van der Waals surface area contributed by atoms with Gasteiger partial charge in [0.2, 0.25) is 11.8 Å². The Kier molecular flexibility index (Phi) is 11.4. The van der Waals surface area contributed by atoms with Crippen LogP contribution >= 0.6 is 11.3 Å². The fourth-order valence-electron chi connectivity index (χ4n) is 8.81. The Morgan fingerprint density at radius 3 is 2.41 bits per heavy atom. The third kappa shape index (κ3) is 8.53. The number of rotatable bonds is 11. The van der Waals surface area contributed by atoms with Gasteiger partial charge in [-0.25, -0.2) is 9.97 Å². The van der Waals surface area contributed by atoms with Gasteiger partial charge in [0.1, 0.15) is 23.2 Å². The van der Waals surface area contributed by atoms with E-state index < -0.39 is 47.4 Å². The van der Waals surface area contributed by atoms with Crippen molar-refractivity contribution in [2.24, 2.45) is 11.8 Å². The van der Waals surface area contributed by atoms with Crippen LogP contribution < -0.4 is 20.7 Å². The highest BCUT2D eigenvalue weighted by Crippen LogP contribution is 2.42. The number of alkyl halides is 3. The summed E-state index contributed by atoms with van der Waals surface area (Å²) in [6, 6.07) is 10.8. The zero-order valence-electron chi connectivity index (χ0n) is 32.4. The number of thiazole rings is 1. The molecule has 3 aliphatic heterocycles. The molecule has 3 N–H and O–H groups in total. The molecular formula is C42H44F3N7O6S. The molecule has 2 saturated heterocycles. The molecule has 2 aromatic carbocycles. The number of aromatic nitrogens is 2. The van der Waals surface area contributed by atoms with Gasteiger partial charge in [0, 0.05) is 37.2 Å². The van der Waals surface area contributed by atoms with Crippen molar-refractivity contribution in [2.75, 3.05) is 43.9 Å². The maximum atomic E-state index is 13.4. The number of imide groups is 2. The lowest BCUT2D eigenvalue weighted by atomic mass is 9.81. The summed E-state index contributed by atoms with van der Waals surface area (Å²) in [4.78, 5) is 75.6. The lowest BCUT2D eigenvalue weighted by Crippen LogP contribution is -2.54. The Labute approximate surface area is 342 Å². The first-order valence-corrected chi connectivity index (χ1v) is 20.8. The van der Waals surface area contributed by atoms with Gasteiger partial charge >= 0.3 is 6.18 Å². The summed E-state index contributed by atoms with van der Waals surface area (Å²) < 4.78 is 45.9. The molecule has 2 aromatic heterocycles. The van der Waals surface area contributed by atoms with Gasteiger partial charge in [-0.05, 0) is 107 Å². The zero-order chi connectivity index (χ0) is 41.4. The van der Waals surface area contributed by atoms with Crippen molar-refractivity contribution in [3.05, 3.63) is 76.1 Å². The summed E-state index contributed by atoms with van der Waals surface area (Å²) in [6.45, 7) is 3.77. The zero-order valence-corrected chi connectivity index (χ0v) is 33.2. The van der Waals surface area contributed by atoms with Gasteiger partial charge in [-0.1, -0.05) is 12.1 Å². The Bertz CT molecular complexity index is 2300. The van der Waals surface area contributed by atoms with E-state index in [9.17, 15) is 37.1 Å². The number of amides is 5. The van der Waals surface area contributed by atoms with E-state index in [1.807, 2.05) is 0 Å². The summed E-state index contributed by atoms with van der Waals surface area (Å²) in [5.41, 5.74) is 0.709. The van der Waals surface area contributed by atoms with Crippen molar-refractivity contribution in [1.82, 2.24) is 25.1 Å². The highest BCUT2D eigenvalue weighted by Gasteiger charge is 2.45. The number of pyridine rings is 1. The number of fused-ring (bicyclic) bond motifs is 2. The fraction of sp³-hybridized carbons (Fsp3) is 0.452. The van der Waals surface area contributed by atoms with Crippen LogP contribution in [0.4, 0.5) is 24.5 Å². The van der Waals surface area contributed by atoms with Gasteiger partial charge in [-0.3, -0.25) is 34.2 Å². The van der Waals surface area contributed by atoms with Gasteiger partial charge in [0.15, 0.2) is 0 Å². The molecule has 17 heteroatoms. The summed E-state index contributed by atoms with van der Waals surface area (Å²) in [7, 11) is 1.46. The summed E-state index contributed by atoms with van der Waals surface area (Å²) >= 11 is 1.56. The van der Waals surface area contributed by atoms with Crippen molar-refractivity contribution in [3.63, 3.8) is 0 Å². The molecule has 5 heterocycles. The number of nitrogens with one attached hydrogen (secondary N) is 3. The topological polar surface area (TPSA) is 163 Å². The molecule has 1 aliphatic carbocycles. The second-order valence-electron chi connectivity index (χ2n) is 15.8. The first-order valence-electron chi connectivity index (χ1n) is 20.0. The molecule has 0 spiro atoms. The first kappa shape index (κ1) is 40.4. The molecule has 3 fully saturated rings. The highest BCUT2D eigenvalue weighted by molar-refractivity contribution is 7.18. The van der Waals surface area contributed by atoms with Gasteiger partial charge in [0.05, 0.1) is 39.1 Å². The number of hydrogen-bond acceptors (Lipinski definition) is 11. The van der Waals surface area contributed by atoms with Gasteiger partial charge < -0.3 is 20.3 Å². The van der Waals surface area contributed by atoms with Crippen LogP contribution in [-0.2, 0) is 15.8 Å². The molecule has 1 unspecified atom stereocenters. The SMILES string of the molecule is COc1cc2nc([C@H]3CC[C@H](CN4CCC(CCNc5cccc6c5C(=O)N(C5CCC(=O)NC5=O)C6=O)CC4)CC3)sc2cc1NC(=O)c1cccc(C(F)(F)F)n1. The second-order valence-corrected chi connectivity index (χ2v) is 16.8. The summed E-state index contributed by atoms with van der Waals surface area (Å²) in [6.07, 6.45) is 2.87. The van der Waals surface area contributed by atoms with E-state index in [-0.39, 0.29) is 29.7 Å². The standard InChI is InChI=1S/C42H44F3N7O6S/c1-58-32-20-30-33(21-29(32)48-37(54)28-6-3-7-34(47-28)42(43,44)45)59-39(49-30)25-10-8-24(9-11-25)22-51-18-15-23(16-19-51)14-17-46-27-5-2-4-26-36(27)41(57)52(40(26)56)31-12-13-35(53)50-38(31)55/h2-7,20-21,23-25,31,46H,8-19,22H2,1H3,(H,48,54)(H,50,53,55)/t24-,25-,31?. The number of likely N-dealkylation sites (tertiary alicyclic amines) is 1. The Balaban J connectivity index is 0.793. The highest BCUT2D eigenvalue weighted by atomic mass is 32.1. The van der Waals surface area contributed by atoms with Crippen molar-refractivity contribution in [3.8, 4) is 5.75 Å². The van der Waals surface area contributed by atoms with Crippen LogP contribution in [0.2, 0.25) is 0 Å². The molecule has 0 bridgehead atoms. The smallest absolute Gasteiger partial charge is 0.433 e. The Hall–Kier alpha value is -5.42. The number of carbonyl (C=O) groups excluding carboxylic acids is 5. The number of anilines is 2. The first-order chi connectivity index (χ1) is 28.4. The van der Waals surface area contributed by atoms with E-state index in [1.165, 1.54) is 13.2 Å². The number of ether oxygens (including phenoxy) is 1. The average molecular weight is 832 g/mol. The van der Waals surface area contributed by atoms with E-state index in [0.717, 1.165) is 96.8 Å². The van der Waals surface area contributed by atoms with Crippen LogP contribution in [0.15, 0.2) is 48.5 Å². The lowest BCUT2D eigenvalue weighted by molar-refractivity contribution is -0.141. The molecule has 13 nitrogen and oxygen atoms in total. The molecule has 0 radical (unpaired) electrons. The molecule has 1 atom stereocenters. The predicted octanol–water partition coefficient (Wildman–Crippen LogP) is 6.86. The minimum absolute atomic E-state index is 0.0747. The van der Waals surface area contributed by atoms with Crippen molar-refractivity contribution in [1.29, 1.82) is 0 Å². The van der Waals surface area contributed by atoms with Gasteiger partial charge in [0.25, 0.3) is 17.7 Å². The molecule has 1 saturated carbocycles. The number of nitrogens with zero attached hydrogens (tertiary/aromatic N) is 4. The molecule has 4 aliphatic rings. The third-order valence-corrected chi connectivity index (χ3v) is 13.2.